The van der Waals surface area contributed by atoms with Crippen LogP contribution in [0.25, 0.3) is 0 Å². The molecule has 0 radical (unpaired) electrons. The molecule has 0 N–H and O–H groups in total. The van der Waals surface area contributed by atoms with Crippen LogP contribution >= 0.6 is 0 Å². The molecule has 0 atom stereocenters. The second-order valence-electron chi connectivity index (χ2n) is 4.70. The first-order valence-corrected chi connectivity index (χ1v) is 6.32. The van der Waals surface area contributed by atoms with Gasteiger partial charge in [0.1, 0.15) is 18.5 Å². The van der Waals surface area contributed by atoms with E-state index in [-0.39, 0.29) is 5.82 Å². The summed E-state index contributed by atoms with van der Waals surface area (Å²) in [6, 6.07) is 4.96. The van der Waals surface area contributed by atoms with E-state index in [2.05, 4.69) is 19.9 Å². The van der Waals surface area contributed by atoms with Crippen molar-refractivity contribution in [3.05, 3.63) is 36.7 Å². The van der Waals surface area contributed by atoms with Gasteiger partial charge in [-0.15, -0.1) is 0 Å². The quantitative estimate of drug-likeness (QED) is 0.836. The summed E-state index contributed by atoms with van der Waals surface area (Å²) in [4.78, 5) is 8.28. The maximum Gasteiger partial charge on any atom is 0.137 e. The van der Waals surface area contributed by atoms with E-state index >= 15 is 0 Å². The average molecular weight is 261 g/mol. The Morgan fingerprint density at radius 3 is 2.89 bits per heavy atom. The monoisotopic (exact) mass is 261 g/mol. The minimum atomic E-state index is -0.191. The van der Waals surface area contributed by atoms with Crippen LogP contribution in [0, 0.1) is 5.82 Å². The van der Waals surface area contributed by atoms with Crippen LogP contribution in [-0.4, -0.2) is 41.4 Å². The Labute approximate surface area is 111 Å². The fourth-order valence-corrected chi connectivity index (χ4v) is 2.38. The minimum absolute atomic E-state index is 0.191. The van der Waals surface area contributed by atoms with Gasteiger partial charge >= 0.3 is 0 Å². The molecule has 1 aromatic carbocycles. The van der Waals surface area contributed by atoms with Crippen molar-refractivity contribution < 1.29 is 4.39 Å². The Kier molecular flexibility index (Phi) is 3.06. The first-order valence-electron chi connectivity index (χ1n) is 6.32. The zero-order chi connectivity index (χ0) is 13.2. The number of benzene rings is 1. The van der Waals surface area contributed by atoms with Gasteiger partial charge in [-0.3, -0.25) is 4.68 Å². The third kappa shape index (κ3) is 2.38. The summed E-state index contributed by atoms with van der Waals surface area (Å²) >= 11 is 0. The molecule has 0 amide bonds. The van der Waals surface area contributed by atoms with Crippen molar-refractivity contribution in [1.29, 1.82) is 0 Å². The maximum atomic E-state index is 13.3. The van der Waals surface area contributed by atoms with Crippen molar-refractivity contribution in [1.82, 2.24) is 14.8 Å². The van der Waals surface area contributed by atoms with Crippen LogP contribution in [0.5, 0.6) is 0 Å². The van der Waals surface area contributed by atoms with Crippen molar-refractivity contribution in [3.63, 3.8) is 0 Å². The summed E-state index contributed by atoms with van der Waals surface area (Å²) in [5.41, 5.74) is 2.03. The predicted molar refractivity (Wildman–Crippen MR) is 71.9 cm³/mol. The largest absolute Gasteiger partial charge is 0.371 e. The summed E-state index contributed by atoms with van der Waals surface area (Å²) < 4.78 is 15.1. The highest BCUT2D eigenvalue weighted by Crippen LogP contribution is 2.32. The van der Waals surface area contributed by atoms with E-state index in [1.54, 1.807) is 12.4 Å². The molecule has 1 aliphatic rings. The van der Waals surface area contributed by atoms with E-state index in [0.717, 1.165) is 37.6 Å². The van der Waals surface area contributed by atoms with Gasteiger partial charge in [-0.1, -0.05) is 0 Å². The molecule has 2 aromatic rings. The number of likely N-dealkylation sites (N-methyl/N-ethyl adjacent to an activating group) is 1. The number of fused-ring (bicyclic) bond motifs is 1. The molecule has 2 heterocycles. The molecule has 0 saturated heterocycles. The van der Waals surface area contributed by atoms with Crippen LogP contribution in [0.15, 0.2) is 30.9 Å². The minimum Gasteiger partial charge on any atom is -0.371 e. The molecule has 6 heteroatoms. The molecular formula is C13H16FN5. The molecule has 3 rings (SSSR count). The Hall–Kier alpha value is -2.11. The average Bonchev–Trinajstić information content (AvgIpc) is 2.92. The number of aromatic nitrogens is 3. The van der Waals surface area contributed by atoms with Gasteiger partial charge < -0.3 is 9.80 Å². The fourth-order valence-electron chi connectivity index (χ4n) is 2.38. The van der Waals surface area contributed by atoms with Gasteiger partial charge in [-0.2, -0.15) is 5.10 Å². The number of hydrogen-bond acceptors (Lipinski definition) is 4. The molecule has 0 spiro atoms. The molecule has 100 valence electrons. The third-order valence-corrected chi connectivity index (χ3v) is 3.46. The maximum absolute atomic E-state index is 13.3. The van der Waals surface area contributed by atoms with E-state index < -0.39 is 0 Å². The molecule has 0 bridgehead atoms. The standard InChI is InChI=1S/C13H16FN5/c1-17-4-5-18(6-7-19-10-15-9-16-19)12-3-2-11(14)8-13(12)17/h2-3,8-10H,4-7H2,1H3. The smallest absolute Gasteiger partial charge is 0.137 e. The van der Waals surface area contributed by atoms with Gasteiger partial charge in [0.15, 0.2) is 0 Å². The zero-order valence-corrected chi connectivity index (χ0v) is 10.8. The summed E-state index contributed by atoms with van der Waals surface area (Å²) in [5, 5.41) is 4.09. The lowest BCUT2D eigenvalue weighted by Gasteiger charge is -2.37. The van der Waals surface area contributed by atoms with Crippen LogP contribution in [0.1, 0.15) is 0 Å². The number of rotatable bonds is 3. The number of anilines is 2. The molecule has 1 aromatic heterocycles. The molecule has 0 fully saturated rings. The Bertz CT molecular complexity index is 554. The van der Waals surface area contributed by atoms with Crippen molar-refractivity contribution in [2.24, 2.45) is 0 Å². The molecule has 19 heavy (non-hydrogen) atoms. The van der Waals surface area contributed by atoms with E-state index in [4.69, 9.17) is 0 Å². The Morgan fingerprint density at radius 2 is 2.11 bits per heavy atom. The number of nitrogens with zero attached hydrogens (tertiary/aromatic N) is 5. The van der Waals surface area contributed by atoms with Crippen molar-refractivity contribution in [2.75, 3.05) is 36.5 Å². The van der Waals surface area contributed by atoms with E-state index in [1.165, 1.54) is 12.4 Å². The van der Waals surface area contributed by atoms with Crippen molar-refractivity contribution in [2.45, 2.75) is 6.54 Å². The lowest BCUT2D eigenvalue weighted by atomic mass is 10.1. The summed E-state index contributed by atoms with van der Waals surface area (Å²) in [6.45, 7) is 3.45. The highest BCUT2D eigenvalue weighted by molar-refractivity contribution is 5.73. The van der Waals surface area contributed by atoms with Gasteiger partial charge in [0.2, 0.25) is 0 Å². The van der Waals surface area contributed by atoms with Gasteiger partial charge in [-0.25, -0.2) is 9.37 Å². The SMILES string of the molecule is CN1CCN(CCn2cncn2)c2ccc(F)cc21. The van der Waals surface area contributed by atoms with Crippen LogP contribution < -0.4 is 9.80 Å². The fraction of sp³-hybridized carbons (Fsp3) is 0.385. The van der Waals surface area contributed by atoms with Gasteiger partial charge in [0, 0.05) is 26.7 Å². The molecule has 0 saturated carbocycles. The first kappa shape index (κ1) is 12.0. The van der Waals surface area contributed by atoms with Crippen molar-refractivity contribution in [3.8, 4) is 0 Å². The van der Waals surface area contributed by atoms with E-state index in [1.807, 2.05) is 17.8 Å². The molecule has 0 aliphatic carbocycles. The van der Waals surface area contributed by atoms with Crippen LogP contribution in [-0.2, 0) is 6.54 Å². The highest BCUT2D eigenvalue weighted by Gasteiger charge is 2.20. The second-order valence-corrected chi connectivity index (χ2v) is 4.70. The van der Waals surface area contributed by atoms with Gasteiger partial charge in [0.25, 0.3) is 0 Å². The zero-order valence-electron chi connectivity index (χ0n) is 10.8. The van der Waals surface area contributed by atoms with Crippen molar-refractivity contribution >= 4 is 11.4 Å². The Morgan fingerprint density at radius 1 is 1.21 bits per heavy atom. The third-order valence-electron chi connectivity index (χ3n) is 3.46. The van der Waals surface area contributed by atoms with Gasteiger partial charge in [0.05, 0.1) is 17.9 Å². The highest BCUT2D eigenvalue weighted by atomic mass is 19.1. The summed E-state index contributed by atoms with van der Waals surface area (Å²) in [5.74, 6) is -0.191. The number of halogens is 1. The second kappa shape index (κ2) is 4.87. The molecule has 5 nitrogen and oxygen atoms in total. The topological polar surface area (TPSA) is 37.2 Å². The number of hydrogen-bond donors (Lipinski definition) is 0. The Balaban J connectivity index is 1.79. The van der Waals surface area contributed by atoms with Crippen LogP contribution in [0.4, 0.5) is 15.8 Å². The summed E-state index contributed by atoms with van der Waals surface area (Å²) in [7, 11) is 1.99. The normalized spacial score (nSPS) is 14.6. The van der Waals surface area contributed by atoms with Crippen LogP contribution in [0.3, 0.4) is 0 Å². The van der Waals surface area contributed by atoms with Crippen LogP contribution in [0.2, 0.25) is 0 Å². The van der Waals surface area contributed by atoms with Gasteiger partial charge in [-0.05, 0) is 18.2 Å². The predicted octanol–water partition coefficient (Wildman–Crippen LogP) is 1.37. The van der Waals surface area contributed by atoms with E-state index in [0.29, 0.717) is 0 Å². The van der Waals surface area contributed by atoms with E-state index in [9.17, 15) is 4.39 Å². The molecular weight excluding hydrogens is 245 g/mol. The lowest BCUT2D eigenvalue weighted by Crippen LogP contribution is -2.40. The molecule has 1 aliphatic heterocycles. The lowest BCUT2D eigenvalue weighted by molar-refractivity contribution is 0.585. The first-order chi connectivity index (χ1) is 9.24. The summed E-state index contributed by atoms with van der Waals surface area (Å²) in [6.07, 6.45) is 3.24. The molecule has 0 unspecified atom stereocenters.